The van der Waals surface area contributed by atoms with Gasteiger partial charge in [0.15, 0.2) is 0 Å². The van der Waals surface area contributed by atoms with E-state index in [0.717, 1.165) is 0 Å². The lowest BCUT2D eigenvalue weighted by molar-refractivity contribution is 0.107. The summed E-state index contributed by atoms with van der Waals surface area (Å²) in [4.78, 5) is 11.8. The summed E-state index contributed by atoms with van der Waals surface area (Å²) in [6.45, 7) is 6.45. The first-order valence-corrected chi connectivity index (χ1v) is 6.72. The van der Waals surface area contributed by atoms with Gasteiger partial charge < -0.3 is 0 Å². The molecule has 0 saturated heterocycles. The molecule has 0 atom stereocenters. The number of rotatable bonds is 2. The summed E-state index contributed by atoms with van der Waals surface area (Å²) in [5.74, 6) is -0.0528. The summed E-state index contributed by atoms with van der Waals surface area (Å²) in [6, 6.07) is 7.70. The molecule has 0 N–H and O–H groups in total. The Balaban J connectivity index is 2.96. The fraction of sp³-hybridized carbons (Fsp3) is 0.385. The molecule has 3 heteroatoms. The summed E-state index contributed by atoms with van der Waals surface area (Å²) in [7, 11) is 0. The van der Waals surface area contributed by atoms with Crippen molar-refractivity contribution in [1.29, 1.82) is 0 Å². The Morgan fingerprint density at radius 1 is 1.19 bits per heavy atom. The second-order valence-corrected chi connectivity index (χ2v) is 6.13. The Bertz CT molecular complexity index is 399. The van der Waals surface area contributed by atoms with Crippen molar-refractivity contribution in [2.24, 2.45) is 0 Å². The van der Waals surface area contributed by atoms with Crippen LogP contribution in [0.5, 0.6) is 0 Å². The van der Waals surface area contributed by atoms with Crippen LogP contribution >= 0.6 is 24.0 Å². The van der Waals surface area contributed by atoms with E-state index < -0.39 is 0 Å². The van der Waals surface area contributed by atoms with E-state index in [1.54, 1.807) is 0 Å². The highest BCUT2D eigenvalue weighted by Crippen LogP contribution is 2.22. The van der Waals surface area contributed by atoms with E-state index in [9.17, 15) is 4.79 Å². The van der Waals surface area contributed by atoms with Gasteiger partial charge in [-0.15, -0.1) is 11.8 Å². The second kappa shape index (κ2) is 5.11. The van der Waals surface area contributed by atoms with E-state index in [1.807, 2.05) is 30.5 Å². The molecule has 1 nitrogen and oxygen atoms in total. The second-order valence-electron chi connectivity index (χ2n) is 4.65. The maximum Gasteiger partial charge on any atom is 0.210 e. The summed E-state index contributed by atoms with van der Waals surface area (Å²) in [5, 5.41) is 0. The van der Waals surface area contributed by atoms with E-state index in [2.05, 4.69) is 20.8 Å². The monoisotopic (exact) mass is 252 g/mol. The van der Waals surface area contributed by atoms with Gasteiger partial charge in [-0.2, -0.15) is 0 Å². The predicted molar refractivity (Wildman–Crippen MR) is 75.6 cm³/mol. The van der Waals surface area contributed by atoms with Gasteiger partial charge in [0, 0.05) is 5.56 Å². The van der Waals surface area contributed by atoms with E-state index in [1.165, 1.54) is 17.3 Å². The van der Waals surface area contributed by atoms with Crippen LogP contribution < -0.4 is 0 Å². The predicted octanol–water partition coefficient (Wildman–Crippen LogP) is 3.86. The SMILES string of the molecule is CSC(=S)C(=O)c1ccc(C(C)(C)C)cc1. The van der Waals surface area contributed by atoms with Crippen molar-refractivity contribution >= 4 is 34.0 Å². The Kier molecular flexibility index (Phi) is 4.28. The third-order valence-corrected chi connectivity index (χ3v) is 3.63. The van der Waals surface area contributed by atoms with Crippen molar-refractivity contribution in [2.45, 2.75) is 26.2 Å². The molecule has 16 heavy (non-hydrogen) atoms. The first-order valence-electron chi connectivity index (χ1n) is 5.09. The quantitative estimate of drug-likeness (QED) is 0.588. The van der Waals surface area contributed by atoms with Gasteiger partial charge in [0.05, 0.1) is 0 Å². The van der Waals surface area contributed by atoms with E-state index >= 15 is 0 Å². The highest BCUT2D eigenvalue weighted by atomic mass is 32.2. The summed E-state index contributed by atoms with van der Waals surface area (Å²) >= 11 is 6.30. The number of carbonyl (C=O) groups is 1. The van der Waals surface area contributed by atoms with Crippen molar-refractivity contribution < 1.29 is 4.79 Å². The largest absolute Gasteiger partial charge is 0.287 e. The zero-order chi connectivity index (χ0) is 12.3. The van der Waals surface area contributed by atoms with Gasteiger partial charge in [-0.3, -0.25) is 4.79 Å². The Morgan fingerprint density at radius 2 is 1.69 bits per heavy atom. The average molecular weight is 252 g/mol. The van der Waals surface area contributed by atoms with E-state index in [-0.39, 0.29) is 11.2 Å². The molecule has 86 valence electrons. The molecule has 0 fully saturated rings. The van der Waals surface area contributed by atoms with Gasteiger partial charge in [0.25, 0.3) is 0 Å². The minimum atomic E-state index is -0.0528. The molecule has 1 aromatic carbocycles. The van der Waals surface area contributed by atoms with Crippen molar-refractivity contribution in [3.05, 3.63) is 35.4 Å². The van der Waals surface area contributed by atoms with Crippen LogP contribution in [0.25, 0.3) is 0 Å². The van der Waals surface area contributed by atoms with Crippen LogP contribution in [0.15, 0.2) is 24.3 Å². The van der Waals surface area contributed by atoms with Gasteiger partial charge in [-0.05, 0) is 17.2 Å². The molecule has 0 spiro atoms. The van der Waals surface area contributed by atoms with Crippen LogP contribution in [-0.4, -0.2) is 16.2 Å². The van der Waals surface area contributed by atoms with Crippen molar-refractivity contribution in [3.63, 3.8) is 0 Å². The Hall–Kier alpha value is -0.670. The van der Waals surface area contributed by atoms with Crippen molar-refractivity contribution in [1.82, 2.24) is 0 Å². The first-order chi connectivity index (χ1) is 7.36. The zero-order valence-electron chi connectivity index (χ0n) is 10.0. The molecule has 0 radical (unpaired) electrons. The highest BCUT2D eigenvalue weighted by molar-refractivity contribution is 8.24. The summed E-state index contributed by atoms with van der Waals surface area (Å²) in [5.41, 5.74) is 2.01. The number of hydrogen-bond acceptors (Lipinski definition) is 3. The number of benzene rings is 1. The maximum absolute atomic E-state index is 11.8. The number of thioether (sulfide) groups is 1. The van der Waals surface area contributed by atoms with E-state index in [4.69, 9.17) is 12.2 Å². The molecule has 0 heterocycles. The first kappa shape index (κ1) is 13.4. The third-order valence-electron chi connectivity index (χ3n) is 2.38. The number of ketones is 1. The van der Waals surface area contributed by atoms with Gasteiger partial charge in [-0.1, -0.05) is 57.3 Å². The van der Waals surface area contributed by atoms with Crippen molar-refractivity contribution in [3.8, 4) is 0 Å². The molecule has 0 aliphatic rings. The molecule has 0 aromatic heterocycles. The fourth-order valence-electron chi connectivity index (χ4n) is 1.33. The van der Waals surface area contributed by atoms with Gasteiger partial charge in [0.1, 0.15) is 4.20 Å². The van der Waals surface area contributed by atoms with Gasteiger partial charge >= 0.3 is 0 Å². The lowest BCUT2D eigenvalue weighted by atomic mass is 9.86. The molecule has 0 saturated carbocycles. The van der Waals surface area contributed by atoms with Crippen LogP contribution in [-0.2, 0) is 5.41 Å². The zero-order valence-corrected chi connectivity index (χ0v) is 11.7. The molecule has 0 unspecified atom stereocenters. The van der Waals surface area contributed by atoms with Gasteiger partial charge in [0.2, 0.25) is 5.78 Å². The van der Waals surface area contributed by atoms with Crippen LogP contribution in [0.4, 0.5) is 0 Å². The number of carbonyl (C=O) groups excluding carboxylic acids is 1. The van der Waals surface area contributed by atoms with Crippen LogP contribution in [0.1, 0.15) is 36.7 Å². The standard InChI is InChI=1S/C13H16OS2/c1-13(2,3)10-7-5-9(6-8-10)11(14)12(15)16-4/h5-8H,1-4H3. The van der Waals surface area contributed by atoms with Crippen molar-refractivity contribution in [2.75, 3.05) is 6.26 Å². The van der Waals surface area contributed by atoms with Crippen LogP contribution in [0, 0.1) is 0 Å². The maximum atomic E-state index is 11.8. The number of Topliss-reactive ketones (excluding diaryl/α,β-unsaturated/α-hetero) is 1. The highest BCUT2D eigenvalue weighted by Gasteiger charge is 2.15. The average Bonchev–Trinajstić information content (AvgIpc) is 2.26. The molecule has 0 bridgehead atoms. The van der Waals surface area contributed by atoms with Crippen LogP contribution in [0.2, 0.25) is 0 Å². The molecule has 0 aliphatic heterocycles. The summed E-state index contributed by atoms with van der Waals surface area (Å²) in [6.07, 6.45) is 1.82. The normalized spacial score (nSPS) is 11.2. The number of hydrogen-bond donors (Lipinski definition) is 0. The fourth-order valence-corrected chi connectivity index (χ4v) is 1.75. The molecule has 1 aromatic rings. The van der Waals surface area contributed by atoms with E-state index in [0.29, 0.717) is 9.76 Å². The molecule has 0 amide bonds. The lowest BCUT2D eigenvalue weighted by Gasteiger charge is -2.18. The van der Waals surface area contributed by atoms with Gasteiger partial charge in [-0.25, -0.2) is 0 Å². The minimum absolute atomic E-state index is 0.0528. The molecular formula is C13H16OS2. The molecule has 1 rings (SSSR count). The molecule has 0 aliphatic carbocycles. The Morgan fingerprint density at radius 3 is 2.06 bits per heavy atom. The topological polar surface area (TPSA) is 17.1 Å². The summed E-state index contributed by atoms with van der Waals surface area (Å²) < 4.78 is 0.420. The Labute approximate surface area is 107 Å². The minimum Gasteiger partial charge on any atom is -0.287 e. The van der Waals surface area contributed by atoms with Crippen LogP contribution in [0.3, 0.4) is 0 Å². The molecular weight excluding hydrogens is 236 g/mol. The lowest BCUT2D eigenvalue weighted by Crippen LogP contribution is -2.12. The third kappa shape index (κ3) is 3.16. The number of thiocarbonyl (C=S) groups is 1. The smallest absolute Gasteiger partial charge is 0.210 e.